The van der Waals surface area contributed by atoms with Gasteiger partial charge in [0.15, 0.2) is 0 Å². The van der Waals surface area contributed by atoms with Gasteiger partial charge in [0.2, 0.25) is 5.91 Å². The second kappa shape index (κ2) is 22.3. The number of aliphatic hydroxyl groups is 1. The summed E-state index contributed by atoms with van der Waals surface area (Å²) in [4.78, 5) is 22.6. The van der Waals surface area contributed by atoms with Crippen molar-refractivity contribution >= 4 is 13.7 Å². The molecule has 3 N–H and O–H groups in total. The summed E-state index contributed by atoms with van der Waals surface area (Å²) < 4.78 is 23.2. The lowest BCUT2D eigenvalue weighted by Gasteiger charge is -2.26. The van der Waals surface area contributed by atoms with Crippen molar-refractivity contribution in [3.63, 3.8) is 0 Å². The number of nitrogens with zero attached hydrogens (tertiary/aromatic N) is 1. The van der Waals surface area contributed by atoms with Gasteiger partial charge in [0, 0.05) is 6.42 Å². The molecule has 8 nitrogen and oxygen atoms in total. The molecule has 0 aromatic rings. The first-order valence-corrected chi connectivity index (χ1v) is 16.4. The fourth-order valence-electron chi connectivity index (χ4n) is 4.10. The summed E-state index contributed by atoms with van der Waals surface area (Å²) in [6, 6.07) is -0.746. The molecule has 0 saturated heterocycles. The summed E-state index contributed by atoms with van der Waals surface area (Å²) in [5, 5.41) is 13.6. The molecule has 0 rings (SSSR count). The normalized spacial score (nSPS) is 15.3. The van der Waals surface area contributed by atoms with Gasteiger partial charge in [-0.15, -0.1) is 0 Å². The van der Waals surface area contributed by atoms with E-state index < -0.39 is 20.0 Å². The Morgan fingerprint density at radius 3 is 1.81 bits per heavy atom. The van der Waals surface area contributed by atoms with Crippen molar-refractivity contribution in [1.29, 1.82) is 0 Å². The number of amides is 1. The molecule has 0 saturated carbocycles. The number of carbonyl (C=O) groups is 1. The molecule has 222 valence electrons. The van der Waals surface area contributed by atoms with E-state index in [0.29, 0.717) is 23.9 Å². The SMILES string of the molecule is CCCCCCCCCCC(O)C(COP(=O)(O)OCC[N+](C)(C)C)NC(=O)CCCCCCCCC. The third-order valence-electron chi connectivity index (χ3n) is 6.61. The smallest absolute Gasteiger partial charge is 0.391 e. The number of unbranched alkanes of at least 4 members (excludes halogenated alkanes) is 13. The predicted molar refractivity (Wildman–Crippen MR) is 152 cm³/mol. The summed E-state index contributed by atoms with van der Waals surface area (Å²) in [5.74, 6) is -0.157. The first-order valence-electron chi connectivity index (χ1n) is 14.9. The lowest BCUT2D eigenvalue weighted by molar-refractivity contribution is -0.870. The first kappa shape index (κ1) is 36.5. The van der Waals surface area contributed by atoms with E-state index in [9.17, 15) is 19.4 Å². The van der Waals surface area contributed by atoms with Crippen LogP contribution in [0.25, 0.3) is 0 Å². The highest BCUT2D eigenvalue weighted by Gasteiger charge is 2.28. The van der Waals surface area contributed by atoms with Gasteiger partial charge in [-0.2, -0.15) is 0 Å². The lowest BCUT2D eigenvalue weighted by Crippen LogP contribution is -2.46. The topological polar surface area (TPSA) is 105 Å². The van der Waals surface area contributed by atoms with Gasteiger partial charge < -0.3 is 19.8 Å². The van der Waals surface area contributed by atoms with Crippen molar-refractivity contribution in [2.24, 2.45) is 0 Å². The zero-order chi connectivity index (χ0) is 28.0. The van der Waals surface area contributed by atoms with Crippen LogP contribution in [0.2, 0.25) is 0 Å². The van der Waals surface area contributed by atoms with Crippen LogP contribution in [-0.4, -0.2) is 73.4 Å². The second-order valence-electron chi connectivity index (χ2n) is 11.5. The van der Waals surface area contributed by atoms with Crippen LogP contribution >= 0.6 is 7.82 Å². The maximum Gasteiger partial charge on any atom is 0.472 e. The maximum atomic E-state index is 12.6. The average Bonchev–Trinajstić information content (AvgIpc) is 2.81. The molecule has 0 spiro atoms. The number of hydrogen-bond donors (Lipinski definition) is 3. The van der Waals surface area contributed by atoms with E-state index in [0.717, 1.165) is 38.5 Å². The molecule has 9 heteroatoms. The Hall–Kier alpha value is -0.500. The Bertz CT molecular complexity index is 600. The summed E-state index contributed by atoms with van der Waals surface area (Å²) >= 11 is 0. The zero-order valence-corrected chi connectivity index (χ0v) is 25.6. The zero-order valence-electron chi connectivity index (χ0n) is 24.7. The molecule has 1 amide bonds. The van der Waals surface area contributed by atoms with Gasteiger partial charge in [-0.25, -0.2) is 4.57 Å². The Morgan fingerprint density at radius 1 is 0.811 bits per heavy atom. The van der Waals surface area contributed by atoms with Crippen molar-refractivity contribution in [2.45, 2.75) is 135 Å². The molecule has 0 aliphatic carbocycles. The van der Waals surface area contributed by atoms with Crippen LogP contribution in [0, 0.1) is 0 Å². The molecular weight excluding hydrogens is 491 g/mol. The quantitative estimate of drug-likeness (QED) is 0.0658. The number of hydrogen-bond acceptors (Lipinski definition) is 5. The van der Waals surface area contributed by atoms with E-state index in [1.165, 1.54) is 57.8 Å². The lowest BCUT2D eigenvalue weighted by atomic mass is 10.0. The molecule has 3 unspecified atom stereocenters. The molecule has 0 aliphatic rings. The van der Waals surface area contributed by atoms with E-state index in [1.807, 2.05) is 21.1 Å². The highest BCUT2D eigenvalue weighted by molar-refractivity contribution is 7.47. The van der Waals surface area contributed by atoms with E-state index in [-0.39, 0.29) is 19.1 Å². The largest absolute Gasteiger partial charge is 0.472 e. The van der Waals surface area contributed by atoms with Crippen molar-refractivity contribution in [2.75, 3.05) is 40.9 Å². The number of likely N-dealkylation sites (N-methyl/N-ethyl adjacent to an activating group) is 1. The van der Waals surface area contributed by atoms with E-state index in [1.54, 1.807) is 0 Å². The molecule has 0 fully saturated rings. The van der Waals surface area contributed by atoms with E-state index in [2.05, 4.69) is 19.2 Å². The van der Waals surface area contributed by atoms with Crippen LogP contribution in [0.5, 0.6) is 0 Å². The Kier molecular flexibility index (Phi) is 22.0. The number of rotatable bonds is 26. The molecule has 3 atom stereocenters. The van der Waals surface area contributed by atoms with Crippen LogP contribution in [0.4, 0.5) is 0 Å². The maximum absolute atomic E-state index is 12.6. The van der Waals surface area contributed by atoms with Crippen LogP contribution < -0.4 is 5.32 Å². The molecule has 37 heavy (non-hydrogen) atoms. The van der Waals surface area contributed by atoms with Gasteiger partial charge in [0.1, 0.15) is 13.2 Å². The Balaban J connectivity index is 4.62. The highest BCUT2D eigenvalue weighted by Crippen LogP contribution is 2.43. The number of quaternary nitrogens is 1. The average molecular weight is 552 g/mol. The Labute approximate surface area is 228 Å². The van der Waals surface area contributed by atoms with Gasteiger partial charge in [-0.3, -0.25) is 13.8 Å². The van der Waals surface area contributed by atoms with Crippen LogP contribution in [0.1, 0.15) is 123 Å². The first-order chi connectivity index (χ1) is 17.5. The number of aliphatic hydroxyl groups excluding tert-OH is 1. The summed E-state index contributed by atoms with van der Waals surface area (Å²) in [6.45, 7) is 4.77. The third kappa shape index (κ3) is 24.3. The van der Waals surface area contributed by atoms with E-state index >= 15 is 0 Å². The van der Waals surface area contributed by atoms with Crippen molar-refractivity contribution in [1.82, 2.24) is 5.32 Å². The molecule has 0 heterocycles. The van der Waals surface area contributed by atoms with Gasteiger partial charge in [-0.1, -0.05) is 104 Å². The molecule has 0 aromatic carbocycles. The fourth-order valence-corrected chi connectivity index (χ4v) is 4.84. The van der Waals surface area contributed by atoms with Crippen molar-refractivity contribution in [3.8, 4) is 0 Å². The standard InChI is InChI=1S/C28H59N2O6P/c1-6-8-10-12-14-16-17-19-21-27(31)26(25-36-37(33,34)35-24-23-30(3,4)5)29-28(32)22-20-18-15-13-11-9-7-2/h26-27,31H,6-25H2,1-5H3,(H-,29,32,33,34)/p+1. The number of carbonyl (C=O) groups excluding carboxylic acids is 1. The van der Waals surface area contributed by atoms with Gasteiger partial charge >= 0.3 is 7.82 Å². The molecule has 0 radical (unpaired) electrons. The minimum Gasteiger partial charge on any atom is -0.391 e. The van der Waals surface area contributed by atoms with E-state index in [4.69, 9.17) is 9.05 Å². The van der Waals surface area contributed by atoms with Crippen molar-refractivity contribution in [3.05, 3.63) is 0 Å². The van der Waals surface area contributed by atoms with Gasteiger partial charge in [0.25, 0.3) is 0 Å². The molecular formula is C28H60N2O6P+. The number of phosphoric ester groups is 1. The molecule has 0 aliphatic heterocycles. The predicted octanol–water partition coefficient (Wildman–Crippen LogP) is 6.34. The molecule has 0 aromatic heterocycles. The summed E-state index contributed by atoms with van der Waals surface area (Å²) in [6.07, 6.45) is 17.1. The number of nitrogens with one attached hydrogen (secondary N) is 1. The van der Waals surface area contributed by atoms with Crippen LogP contribution in [0.3, 0.4) is 0 Å². The fraction of sp³-hybridized carbons (Fsp3) is 0.964. The Morgan fingerprint density at radius 2 is 1.30 bits per heavy atom. The minimum atomic E-state index is -4.28. The summed E-state index contributed by atoms with van der Waals surface area (Å²) in [5.41, 5.74) is 0. The molecule has 0 bridgehead atoms. The van der Waals surface area contributed by atoms with Crippen LogP contribution in [-0.2, 0) is 18.4 Å². The third-order valence-corrected chi connectivity index (χ3v) is 7.59. The van der Waals surface area contributed by atoms with Gasteiger partial charge in [-0.05, 0) is 12.8 Å². The highest BCUT2D eigenvalue weighted by atomic mass is 31.2. The number of phosphoric acid groups is 1. The van der Waals surface area contributed by atoms with Crippen molar-refractivity contribution < 1.29 is 32.9 Å². The summed E-state index contributed by atoms with van der Waals surface area (Å²) in [7, 11) is 1.61. The van der Waals surface area contributed by atoms with Gasteiger partial charge in [0.05, 0.1) is 39.9 Å². The second-order valence-corrected chi connectivity index (χ2v) is 12.9. The minimum absolute atomic E-state index is 0.0768. The monoisotopic (exact) mass is 551 g/mol. The van der Waals surface area contributed by atoms with Crippen LogP contribution in [0.15, 0.2) is 0 Å².